The van der Waals surface area contributed by atoms with E-state index in [1.165, 1.54) is 82.8 Å². The Bertz CT molecular complexity index is 3220. The normalized spacial score (nSPS) is 12.7. The Morgan fingerprint density at radius 3 is 1.83 bits per heavy atom. The van der Waals surface area contributed by atoms with Crippen LogP contribution in [0.1, 0.15) is 18.4 Å². The van der Waals surface area contributed by atoms with Crippen molar-refractivity contribution in [2.75, 3.05) is 4.90 Å². The molecule has 1 heterocycles. The Balaban J connectivity index is 1.13. The number of aromatic nitrogens is 1. The summed E-state index contributed by atoms with van der Waals surface area (Å²) in [6.45, 7) is 0. The zero-order chi connectivity index (χ0) is 39.8. The monoisotopic (exact) mass is 766 g/mol. The standard InChI is InChI=1S/C58H42N2/c1-4-18-42(19-5-1)51-29-12-14-32-55(51)59(47-36-34-44(35-37-47)50-31-17-23-41-22-10-11-28-49(41)50)48-27-16-24-45(40-48)52-38-39-53(43-20-6-2-7-21-43)58-57(52)54-30-13-15-33-56(54)60(58)46-25-8-3-9-26-46/h1-13,15-31,33-40H,14,32H2. The zero-order valence-electron chi connectivity index (χ0n) is 33.2. The predicted octanol–water partition coefficient (Wildman–Crippen LogP) is 15.8. The molecular weight excluding hydrogens is 725 g/mol. The second kappa shape index (κ2) is 15.2. The Morgan fingerprint density at radius 2 is 1.03 bits per heavy atom. The van der Waals surface area contributed by atoms with Crippen molar-refractivity contribution < 1.29 is 0 Å². The van der Waals surface area contributed by atoms with Gasteiger partial charge in [0.05, 0.1) is 11.0 Å². The lowest BCUT2D eigenvalue weighted by Crippen LogP contribution is -2.19. The van der Waals surface area contributed by atoms with Crippen molar-refractivity contribution in [1.29, 1.82) is 0 Å². The Labute approximate surface area is 351 Å². The largest absolute Gasteiger partial charge is 0.314 e. The van der Waals surface area contributed by atoms with Crippen LogP contribution in [0.3, 0.4) is 0 Å². The molecule has 0 atom stereocenters. The van der Waals surface area contributed by atoms with Gasteiger partial charge in [0.15, 0.2) is 0 Å². The summed E-state index contributed by atoms with van der Waals surface area (Å²) in [5.74, 6) is 0. The van der Waals surface area contributed by atoms with E-state index in [0.717, 1.165) is 29.9 Å². The van der Waals surface area contributed by atoms with E-state index in [1.807, 2.05) is 0 Å². The predicted molar refractivity (Wildman–Crippen MR) is 255 cm³/mol. The zero-order valence-corrected chi connectivity index (χ0v) is 33.2. The van der Waals surface area contributed by atoms with Gasteiger partial charge in [-0.15, -0.1) is 0 Å². The van der Waals surface area contributed by atoms with Crippen LogP contribution in [-0.2, 0) is 0 Å². The average molecular weight is 767 g/mol. The molecule has 1 aromatic heterocycles. The molecule has 2 heteroatoms. The molecule has 1 aliphatic rings. The molecule has 1 aliphatic carbocycles. The maximum atomic E-state index is 2.50. The van der Waals surface area contributed by atoms with Crippen LogP contribution in [0.5, 0.6) is 0 Å². The molecule has 0 unspecified atom stereocenters. The van der Waals surface area contributed by atoms with E-state index in [4.69, 9.17) is 0 Å². The summed E-state index contributed by atoms with van der Waals surface area (Å²) in [4.78, 5) is 2.50. The van der Waals surface area contributed by atoms with Gasteiger partial charge in [-0.3, -0.25) is 0 Å². The molecule has 0 spiro atoms. The number of anilines is 2. The maximum Gasteiger partial charge on any atom is 0.0625 e. The van der Waals surface area contributed by atoms with Gasteiger partial charge in [-0.05, 0) is 99.5 Å². The van der Waals surface area contributed by atoms with Crippen LogP contribution in [0.2, 0.25) is 0 Å². The molecule has 0 fully saturated rings. The molecule has 10 aromatic rings. The van der Waals surface area contributed by atoms with Gasteiger partial charge in [-0.2, -0.15) is 0 Å². The molecular formula is C58H42N2. The Kier molecular flexibility index (Phi) is 9.02. The Morgan fingerprint density at radius 1 is 0.417 bits per heavy atom. The number of hydrogen-bond donors (Lipinski definition) is 0. The summed E-state index contributed by atoms with van der Waals surface area (Å²) in [7, 11) is 0. The number of nitrogens with zero attached hydrogens (tertiary/aromatic N) is 2. The number of fused-ring (bicyclic) bond motifs is 4. The van der Waals surface area contributed by atoms with Gasteiger partial charge < -0.3 is 9.47 Å². The summed E-state index contributed by atoms with van der Waals surface area (Å²) in [5.41, 5.74) is 16.9. The highest BCUT2D eigenvalue weighted by molar-refractivity contribution is 6.19. The fourth-order valence-corrected chi connectivity index (χ4v) is 9.34. The molecule has 0 bridgehead atoms. The summed E-state index contributed by atoms with van der Waals surface area (Å²) >= 11 is 0. The third kappa shape index (κ3) is 6.22. The number of benzene rings is 9. The smallest absolute Gasteiger partial charge is 0.0625 e. The van der Waals surface area contributed by atoms with E-state index in [0.29, 0.717) is 0 Å². The fourth-order valence-electron chi connectivity index (χ4n) is 9.34. The van der Waals surface area contributed by atoms with Crippen LogP contribution < -0.4 is 4.90 Å². The minimum Gasteiger partial charge on any atom is -0.314 e. The summed E-state index contributed by atoms with van der Waals surface area (Å²) in [5, 5.41) is 5.01. The highest BCUT2D eigenvalue weighted by atomic mass is 15.2. The Hall–Kier alpha value is -7.68. The highest BCUT2D eigenvalue weighted by Gasteiger charge is 2.24. The van der Waals surface area contributed by atoms with Crippen LogP contribution in [-0.4, -0.2) is 4.57 Å². The first-order chi connectivity index (χ1) is 29.8. The third-order valence-electron chi connectivity index (χ3n) is 12.1. The third-order valence-corrected chi connectivity index (χ3v) is 12.1. The average Bonchev–Trinajstić information content (AvgIpc) is 3.68. The molecule has 0 amide bonds. The summed E-state index contributed by atoms with van der Waals surface area (Å²) in [6.07, 6.45) is 6.55. The van der Waals surface area contributed by atoms with E-state index in [-0.39, 0.29) is 0 Å². The van der Waals surface area contributed by atoms with Crippen LogP contribution >= 0.6 is 0 Å². The minimum atomic E-state index is 0.927. The fraction of sp³-hybridized carbons (Fsp3) is 0.0345. The molecule has 2 nitrogen and oxygen atoms in total. The van der Waals surface area contributed by atoms with Crippen molar-refractivity contribution >= 4 is 49.5 Å². The van der Waals surface area contributed by atoms with Gasteiger partial charge in [0.1, 0.15) is 0 Å². The number of rotatable bonds is 8. The van der Waals surface area contributed by atoms with E-state index in [2.05, 4.69) is 240 Å². The van der Waals surface area contributed by atoms with Crippen molar-refractivity contribution in [2.45, 2.75) is 12.8 Å². The lowest BCUT2D eigenvalue weighted by molar-refractivity contribution is 0.923. The molecule has 11 rings (SSSR count). The molecule has 0 radical (unpaired) electrons. The number of para-hydroxylation sites is 2. The number of allylic oxidation sites excluding steroid dienone is 4. The highest BCUT2D eigenvalue weighted by Crippen LogP contribution is 2.45. The van der Waals surface area contributed by atoms with Crippen LogP contribution in [0.25, 0.3) is 77.2 Å². The number of hydrogen-bond acceptors (Lipinski definition) is 1. The summed E-state index contributed by atoms with van der Waals surface area (Å²) in [6, 6.07) is 79.6. The first kappa shape index (κ1) is 35.5. The van der Waals surface area contributed by atoms with E-state index >= 15 is 0 Å². The van der Waals surface area contributed by atoms with Gasteiger partial charge in [0.2, 0.25) is 0 Å². The van der Waals surface area contributed by atoms with Crippen LogP contribution in [0.15, 0.2) is 236 Å². The second-order valence-electron chi connectivity index (χ2n) is 15.6. The van der Waals surface area contributed by atoms with Crippen LogP contribution in [0.4, 0.5) is 11.4 Å². The van der Waals surface area contributed by atoms with Crippen molar-refractivity contribution in [3.05, 3.63) is 242 Å². The van der Waals surface area contributed by atoms with E-state index in [1.54, 1.807) is 0 Å². The van der Waals surface area contributed by atoms with Gasteiger partial charge in [0.25, 0.3) is 0 Å². The molecule has 284 valence electrons. The quantitative estimate of drug-likeness (QED) is 0.150. The lowest BCUT2D eigenvalue weighted by atomic mass is 9.93. The van der Waals surface area contributed by atoms with Crippen molar-refractivity contribution in [1.82, 2.24) is 4.57 Å². The van der Waals surface area contributed by atoms with Crippen molar-refractivity contribution in [2.24, 2.45) is 0 Å². The molecule has 0 saturated carbocycles. The molecule has 9 aromatic carbocycles. The minimum absolute atomic E-state index is 0.927. The first-order valence-corrected chi connectivity index (χ1v) is 20.9. The lowest BCUT2D eigenvalue weighted by Gasteiger charge is -2.32. The van der Waals surface area contributed by atoms with Gasteiger partial charge in [0, 0.05) is 44.7 Å². The second-order valence-corrected chi connectivity index (χ2v) is 15.6. The van der Waals surface area contributed by atoms with Gasteiger partial charge in [-0.25, -0.2) is 0 Å². The molecule has 0 saturated heterocycles. The molecule has 0 aliphatic heterocycles. The molecule has 0 N–H and O–H groups in total. The first-order valence-electron chi connectivity index (χ1n) is 20.9. The van der Waals surface area contributed by atoms with E-state index < -0.39 is 0 Å². The topological polar surface area (TPSA) is 8.17 Å². The van der Waals surface area contributed by atoms with Gasteiger partial charge in [-0.1, -0.05) is 188 Å². The summed E-state index contributed by atoms with van der Waals surface area (Å²) < 4.78 is 2.45. The van der Waals surface area contributed by atoms with Crippen LogP contribution in [0, 0.1) is 0 Å². The van der Waals surface area contributed by atoms with Crippen molar-refractivity contribution in [3.8, 4) is 39.1 Å². The van der Waals surface area contributed by atoms with Gasteiger partial charge >= 0.3 is 0 Å². The SMILES string of the molecule is C1=CC(c2ccccc2)=C(N(c2ccc(-c3cccc4ccccc34)cc2)c2cccc(-c3ccc(-c4ccccc4)c4c3c3ccccc3n4-c3ccccc3)c2)CC1. The molecule has 60 heavy (non-hydrogen) atoms. The van der Waals surface area contributed by atoms with Crippen molar-refractivity contribution in [3.63, 3.8) is 0 Å². The van der Waals surface area contributed by atoms with E-state index in [9.17, 15) is 0 Å². The maximum absolute atomic E-state index is 2.50.